The monoisotopic (exact) mass is 617 g/mol. The second-order valence-electron chi connectivity index (χ2n) is 11.0. The van der Waals surface area contributed by atoms with Crippen LogP contribution in [0, 0.1) is 11.7 Å². The molecule has 0 N–H and O–H groups in total. The molecule has 4 aromatic rings. The molecule has 1 atom stereocenters. The molecule has 1 saturated heterocycles. The van der Waals surface area contributed by atoms with E-state index in [9.17, 15) is 4.79 Å². The summed E-state index contributed by atoms with van der Waals surface area (Å²) in [7, 11) is 0.0336. The van der Waals surface area contributed by atoms with Gasteiger partial charge in [0.25, 0.3) is 0 Å². The molecular weight excluding hydrogens is 585 g/mol. The van der Waals surface area contributed by atoms with E-state index in [-0.39, 0.29) is 18.3 Å². The fraction of sp³-hybridized carbons (Fsp3) is 0.481. The first-order chi connectivity index (χ1) is 18.7. The second-order valence-corrected chi connectivity index (χ2v) is 17.6. The molecule has 0 bridgehead atoms. The molecule has 0 saturated carbocycles. The van der Waals surface area contributed by atoms with Crippen molar-refractivity contribution in [3.05, 3.63) is 52.3 Å². The van der Waals surface area contributed by atoms with Gasteiger partial charge in [0.15, 0.2) is 5.69 Å². The van der Waals surface area contributed by atoms with E-state index in [0.717, 1.165) is 16.0 Å². The van der Waals surface area contributed by atoms with E-state index in [2.05, 4.69) is 45.7 Å². The predicted molar refractivity (Wildman–Crippen MR) is 152 cm³/mol. The van der Waals surface area contributed by atoms with E-state index in [1.165, 1.54) is 13.2 Å². The van der Waals surface area contributed by atoms with E-state index < -0.39 is 25.9 Å². The third-order valence-corrected chi connectivity index (χ3v) is 9.27. The lowest BCUT2D eigenvalue weighted by Crippen LogP contribution is -2.28. The Bertz CT molecular complexity index is 1500. The molecule has 208 valence electrons. The first kappa shape index (κ1) is 27.9. The number of pyridine rings is 2. The summed E-state index contributed by atoms with van der Waals surface area (Å²) in [6.45, 7) is 8.74. The Morgan fingerprint density at radius 2 is 2.03 bits per heavy atom. The highest BCUT2D eigenvalue weighted by molar-refractivity contribution is 9.10. The number of esters is 1. The van der Waals surface area contributed by atoms with Crippen LogP contribution in [0.2, 0.25) is 25.7 Å². The van der Waals surface area contributed by atoms with Crippen LogP contribution in [0.1, 0.15) is 35.1 Å². The molecule has 1 aliphatic heterocycles. The molecule has 5 rings (SSSR count). The molecular formula is C27H33BrFN5O4Si. The van der Waals surface area contributed by atoms with Crippen LogP contribution in [-0.2, 0) is 20.9 Å². The molecule has 1 unspecified atom stereocenters. The zero-order valence-corrected chi connectivity index (χ0v) is 25.2. The van der Waals surface area contributed by atoms with Crippen molar-refractivity contribution in [2.45, 2.75) is 51.3 Å². The summed E-state index contributed by atoms with van der Waals surface area (Å²) < 4.78 is 36.7. The molecule has 5 heterocycles. The third-order valence-electron chi connectivity index (χ3n) is 7.13. The first-order valence-electron chi connectivity index (χ1n) is 13.1. The molecule has 1 aliphatic rings. The number of hydrogen-bond acceptors (Lipinski definition) is 7. The van der Waals surface area contributed by atoms with Crippen molar-refractivity contribution in [2.75, 3.05) is 26.9 Å². The van der Waals surface area contributed by atoms with Crippen LogP contribution >= 0.6 is 15.9 Å². The fourth-order valence-corrected chi connectivity index (χ4v) is 6.26. The fourth-order valence-electron chi connectivity index (χ4n) is 5.18. The van der Waals surface area contributed by atoms with Gasteiger partial charge in [0, 0.05) is 44.8 Å². The van der Waals surface area contributed by atoms with Gasteiger partial charge in [-0.2, -0.15) is 5.10 Å². The van der Waals surface area contributed by atoms with Gasteiger partial charge in [-0.15, -0.1) is 0 Å². The predicted octanol–water partition coefficient (Wildman–Crippen LogP) is 5.80. The van der Waals surface area contributed by atoms with Crippen molar-refractivity contribution in [1.82, 2.24) is 24.3 Å². The van der Waals surface area contributed by atoms with Crippen LogP contribution in [0.4, 0.5) is 4.39 Å². The van der Waals surface area contributed by atoms with Crippen LogP contribution in [0.15, 0.2) is 35.1 Å². The lowest BCUT2D eigenvalue weighted by atomic mass is 9.88. The minimum Gasteiger partial charge on any atom is -0.464 e. The largest absolute Gasteiger partial charge is 0.464 e. The topological polar surface area (TPSA) is 93.3 Å². The van der Waals surface area contributed by atoms with Gasteiger partial charge in [-0.1, -0.05) is 19.6 Å². The first-order valence-corrected chi connectivity index (χ1v) is 17.6. The SMILES string of the molecule is COC(=O)c1nn(COCC[Si](C)(C)C)c2c3ncc(Br)cc3n(C(c3ncccc3F)C3CCOCC3)c12. The van der Waals surface area contributed by atoms with Gasteiger partial charge < -0.3 is 18.8 Å². The van der Waals surface area contributed by atoms with Gasteiger partial charge in [0.05, 0.1) is 24.4 Å². The van der Waals surface area contributed by atoms with Gasteiger partial charge in [-0.3, -0.25) is 9.97 Å². The molecule has 4 aromatic heterocycles. The summed E-state index contributed by atoms with van der Waals surface area (Å²) >= 11 is 3.56. The van der Waals surface area contributed by atoms with Crippen LogP contribution in [0.5, 0.6) is 0 Å². The molecule has 39 heavy (non-hydrogen) atoms. The van der Waals surface area contributed by atoms with Crippen molar-refractivity contribution in [3.63, 3.8) is 0 Å². The van der Waals surface area contributed by atoms with Gasteiger partial charge in [0.1, 0.15) is 29.1 Å². The third kappa shape index (κ3) is 5.65. The number of halogens is 2. The summed E-state index contributed by atoms with van der Waals surface area (Å²) in [5.41, 5.74) is 2.97. The van der Waals surface area contributed by atoms with Gasteiger partial charge in [0.2, 0.25) is 0 Å². The highest BCUT2D eigenvalue weighted by Crippen LogP contribution is 2.42. The molecule has 0 amide bonds. The smallest absolute Gasteiger partial charge is 0.360 e. The Morgan fingerprint density at radius 3 is 2.72 bits per heavy atom. The average molecular weight is 619 g/mol. The Balaban J connectivity index is 1.76. The average Bonchev–Trinajstić information content (AvgIpc) is 3.43. The lowest BCUT2D eigenvalue weighted by molar-refractivity contribution is 0.0539. The van der Waals surface area contributed by atoms with E-state index >= 15 is 4.39 Å². The van der Waals surface area contributed by atoms with E-state index in [1.807, 2.05) is 10.6 Å². The summed E-state index contributed by atoms with van der Waals surface area (Å²) in [6, 6.07) is 5.41. The molecule has 12 heteroatoms. The maximum atomic E-state index is 15.4. The van der Waals surface area contributed by atoms with Gasteiger partial charge in [-0.25, -0.2) is 13.9 Å². The Labute approximate surface area is 235 Å². The quantitative estimate of drug-likeness (QED) is 0.133. The van der Waals surface area contributed by atoms with Crippen molar-refractivity contribution in [2.24, 2.45) is 5.92 Å². The summed E-state index contributed by atoms with van der Waals surface area (Å²) in [6.07, 6.45) is 4.73. The van der Waals surface area contributed by atoms with E-state index in [0.29, 0.717) is 54.9 Å². The zero-order chi connectivity index (χ0) is 27.7. The number of ether oxygens (including phenoxy) is 3. The Morgan fingerprint density at radius 1 is 1.26 bits per heavy atom. The molecule has 0 aliphatic carbocycles. The van der Waals surface area contributed by atoms with Crippen LogP contribution < -0.4 is 0 Å². The van der Waals surface area contributed by atoms with E-state index in [4.69, 9.17) is 19.2 Å². The van der Waals surface area contributed by atoms with Crippen molar-refractivity contribution >= 4 is 52.0 Å². The molecule has 0 aromatic carbocycles. The number of aromatic nitrogens is 5. The minimum atomic E-state index is -1.29. The van der Waals surface area contributed by atoms with Crippen LogP contribution in [0.25, 0.3) is 22.1 Å². The zero-order valence-electron chi connectivity index (χ0n) is 22.6. The second kappa shape index (κ2) is 11.4. The molecule has 9 nitrogen and oxygen atoms in total. The normalized spacial score (nSPS) is 15.7. The maximum Gasteiger partial charge on any atom is 0.360 e. The van der Waals surface area contributed by atoms with Gasteiger partial charge >= 0.3 is 5.97 Å². The molecule has 0 spiro atoms. The summed E-state index contributed by atoms with van der Waals surface area (Å²) in [4.78, 5) is 22.3. The summed E-state index contributed by atoms with van der Waals surface area (Å²) in [5, 5.41) is 4.65. The number of nitrogens with zero attached hydrogens (tertiary/aromatic N) is 5. The number of hydrogen-bond donors (Lipinski definition) is 0. The van der Waals surface area contributed by atoms with Crippen molar-refractivity contribution in [1.29, 1.82) is 0 Å². The van der Waals surface area contributed by atoms with Crippen molar-refractivity contribution in [3.8, 4) is 0 Å². The minimum absolute atomic E-state index is 0.00257. The summed E-state index contributed by atoms with van der Waals surface area (Å²) in [5.74, 6) is -0.993. The molecule has 1 fully saturated rings. The van der Waals surface area contributed by atoms with E-state index in [1.54, 1.807) is 23.1 Å². The van der Waals surface area contributed by atoms with Crippen LogP contribution in [-0.4, -0.2) is 65.3 Å². The molecule has 0 radical (unpaired) electrons. The standard InChI is InChI=1S/C27H33BrFN5O4Si/c1-36-27(35)23-26-25(33(32-23)16-38-12-13-39(2,3)4)22-20(14-18(28)15-31-22)34(26)24(17-7-10-37-11-8-17)21-19(29)6-5-9-30-21/h5-6,9,14-15,17,24H,7-8,10-13,16H2,1-4H3. The number of rotatable bonds is 9. The van der Waals surface area contributed by atoms with Gasteiger partial charge in [-0.05, 0) is 58.9 Å². The maximum absolute atomic E-state index is 15.4. The van der Waals surface area contributed by atoms with Crippen LogP contribution in [0.3, 0.4) is 0 Å². The number of methoxy groups -OCH3 is 1. The highest BCUT2D eigenvalue weighted by atomic mass is 79.9. The number of carbonyl (C=O) groups is 1. The number of fused-ring (bicyclic) bond motifs is 3. The van der Waals surface area contributed by atoms with Crippen molar-refractivity contribution < 1.29 is 23.4 Å². The Hall–Kier alpha value is -2.67. The highest BCUT2D eigenvalue weighted by Gasteiger charge is 2.36. The lowest BCUT2D eigenvalue weighted by Gasteiger charge is -2.32. The number of carbonyl (C=O) groups excluding carboxylic acids is 1. The Kier molecular flexibility index (Phi) is 8.18.